The Labute approximate surface area is 220 Å². The first kappa shape index (κ1) is 25.4. The van der Waals surface area contributed by atoms with Gasteiger partial charge in [-0.2, -0.15) is 5.10 Å². The van der Waals surface area contributed by atoms with E-state index >= 15 is 0 Å². The molecule has 4 aromatic rings. The number of fused-ring (bicyclic) bond motifs is 1. The molecule has 1 aromatic heterocycles. The van der Waals surface area contributed by atoms with Crippen LogP contribution in [-0.2, 0) is 0 Å². The Kier molecular flexibility index (Phi) is 7.87. The van der Waals surface area contributed by atoms with Crippen molar-refractivity contribution < 1.29 is 13.5 Å². The molecule has 1 saturated heterocycles. The third kappa shape index (κ3) is 5.71. The van der Waals surface area contributed by atoms with Crippen molar-refractivity contribution in [3.63, 3.8) is 0 Å². The van der Waals surface area contributed by atoms with E-state index < -0.39 is 0 Å². The first-order valence-electron chi connectivity index (χ1n) is 12.7. The number of hydrogen-bond acceptors (Lipinski definition) is 3. The Morgan fingerprint density at radius 2 is 1.92 bits per heavy atom. The van der Waals surface area contributed by atoms with Gasteiger partial charge in [-0.15, -0.1) is 0 Å². The van der Waals surface area contributed by atoms with Crippen LogP contribution in [0.4, 0.5) is 8.78 Å². The molecule has 0 spiro atoms. The van der Waals surface area contributed by atoms with Crippen LogP contribution in [0.2, 0.25) is 5.02 Å². The van der Waals surface area contributed by atoms with Crippen LogP contribution in [0.5, 0.6) is 5.75 Å². The van der Waals surface area contributed by atoms with Crippen molar-refractivity contribution in [1.29, 1.82) is 0 Å². The third-order valence-electron chi connectivity index (χ3n) is 6.92. The lowest BCUT2D eigenvalue weighted by Crippen LogP contribution is -2.26. The van der Waals surface area contributed by atoms with Crippen molar-refractivity contribution in [3.8, 4) is 5.75 Å². The van der Waals surface area contributed by atoms with E-state index in [9.17, 15) is 8.78 Å². The quantitative estimate of drug-likeness (QED) is 0.231. The number of nitrogens with one attached hydrogen (secondary N) is 1. The van der Waals surface area contributed by atoms with Crippen molar-refractivity contribution >= 4 is 33.7 Å². The largest absolute Gasteiger partial charge is 0.489 e. The zero-order valence-electron chi connectivity index (χ0n) is 20.8. The first-order valence-corrected chi connectivity index (χ1v) is 13.1. The van der Waals surface area contributed by atoms with Gasteiger partial charge in [0, 0.05) is 25.0 Å². The summed E-state index contributed by atoms with van der Waals surface area (Å²) in [6, 6.07) is 18.9. The lowest BCUT2D eigenvalue weighted by Gasteiger charge is -2.19. The molecule has 3 aromatic carbocycles. The minimum Gasteiger partial charge on any atom is -0.489 e. The Bertz CT molecular complexity index is 1400. The predicted molar refractivity (Wildman–Crippen MR) is 146 cm³/mol. The predicted octanol–water partition coefficient (Wildman–Crippen LogP) is 7.54. The minimum atomic E-state index is -0.359. The number of allylic oxidation sites excluding steroid dienone is 1. The van der Waals surface area contributed by atoms with E-state index in [1.807, 2.05) is 24.4 Å². The number of rotatable bonds is 9. The number of alkyl halides is 1. The Balaban J connectivity index is 1.50. The maximum atomic E-state index is 13.9. The number of aromatic nitrogens is 2. The number of nitrogens with zero attached hydrogens (tertiary/aromatic N) is 2. The van der Waals surface area contributed by atoms with Crippen LogP contribution in [0, 0.1) is 5.82 Å². The highest BCUT2D eigenvalue weighted by Crippen LogP contribution is 2.38. The average molecular weight is 522 g/mol. The molecule has 1 N–H and O–H groups in total. The van der Waals surface area contributed by atoms with Crippen molar-refractivity contribution in [2.45, 2.75) is 32.3 Å². The molecule has 0 aliphatic carbocycles. The van der Waals surface area contributed by atoms with Crippen LogP contribution in [0.3, 0.4) is 0 Å². The molecule has 0 amide bonds. The summed E-state index contributed by atoms with van der Waals surface area (Å²) in [5, 5.41) is 8.56. The van der Waals surface area contributed by atoms with Gasteiger partial charge in [0.1, 0.15) is 17.7 Å². The molecular weight excluding hydrogens is 492 g/mol. The van der Waals surface area contributed by atoms with E-state index in [-0.39, 0.29) is 18.6 Å². The lowest BCUT2D eigenvalue weighted by molar-refractivity contribution is 0.198. The molecule has 2 heterocycles. The van der Waals surface area contributed by atoms with Gasteiger partial charge in [-0.25, -0.2) is 4.39 Å². The molecule has 4 nitrogen and oxygen atoms in total. The Hall–Kier alpha value is -3.22. The summed E-state index contributed by atoms with van der Waals surface area (Å²) in [6.45, 7) is 4.33. The molecule has 192 valence electrons. The standard InChI is InChI=1S/C30H30ClF2N3O/c1-2-26(27-10-7-23(33)17-28(27)31)30(21-6-11-29-22(16-21)18-34-35-29)20-4-8-24(9-5-20)37-25-12-15-36(19-25)14-3-13-32/h4-11,16-18,25H,2-3,12-15,19H2,1H3,(H,34,35)/b30-26+. The van der Waals surface area contributed by atoms with Gasteiger partial charge >= 0.3 is 0 Å². The molecular formula is C30H30ClF2N3O. The van der Waals surface area contributed by atoms with Crippen molar-refractivity contribution in [3.05, 3.63) is 94.4 Å². The highest BCUT2D eigenvalue weighted by atomic mass is 35.5. The van der Waals surface area contributed by atoms with Gasteiger partial charge in [0.15, 0.2) is 0 Å². The number of likely N-dealkylation sites (tertiary alicyclic amines) is 1. The number of benzene rings is 3. The van der Waals surface area contributed by atoms with Gasteiger partial charge in [-0.3, -0.25) is 14.4 Å². The first-order chi connectivity index (χ1) is 18.1. The van der Waals surface area contributed by atoms with E-state index in [1.54, 1.807) is 6.07 Å². The normalized spacial score (nSPS) is 16.8. The fraction of sp³-hybridized carbons (Fsp3) is 0.300. The molecule has 1 aliphatic heterocycles. The monoisotopic (exact) mass is 521 g/mol. The number of H-pyrrole nitrogens is 1. The van der Waals surface area contributed by atoms with Gasteiger partial charge in [-0.05, 0) is 83.5 Å². The molecule has 0 saturated carbocycles. The lowest BCUT2D eigenvalue weighted by atomic mass is 9.87. The van der Waals surface area contributed by atoms with Crippen LogP contribution in [0.25, 0.3) is 22.0 Å². The van der Waals surface area contributed by atoms with Gasteiger partial charge in [0.2, 0.25) is 0 Å². The summed E-state index contributed by atoms with van der Waals surface area (Å²) in [7, 11) is 0. The summed E-state index contributed by atoms with van der Waals surface area (Å²) >= 11 is 6.53. The molecule has 0 bridgehead atoms. The van der Waals surface area contributed by atoms with E-state index in [1.165, 1.54) is 12.1 Å². The maximum absolute atomic E-state index is 13.9. The fourth-order valence-corrected chi connectivity index (χ4v) is 5.40. The summed E-state index contributed by atoms with van der Waals surface area (Å²) in [6.07, 6.45) is 4.13. The topological polar surface area (TPSA) is 41.1 Å². The maximum Gasteiger partial charge on any atom is 0.124 e. The van der Waals surface area contributed by atoms with E-state index in [0.717, 1.165) is 70.5 Å². The summed E-state index contributed by atoms with van der Waals surface area (Å²) in [5.74, 6) is 0.450. The summed E-state index contributed by atoms with van der Waals surface area (Å²) in [4.78, 5) is 2.26. The number of aromatic amines is 1. The van der Waals surface area contributed by atoms with Crippen LogP contribution in [-0.4, -0.2) is 47.5 Å². The molecule has 1 atom stereocenters. The third-order valence-corrected chi connectivity index (χ3v) is 7.24. The SMILES string of the molecule is CC/C(=C(/c1ccc(OC2CCN(CCCF)C2)cc1)c1ccc2[nH]ncc2c1)c1ccc(F)cc1Cl. The molecule has 1 aliphatic rings. The second-order valence-electron chi connectivity index (χ2n) is 9.40. The van der Waals surface area contributed by atoms with Crippen molar-refractivity contribution in [2.75, 3.05) is 26.3 Å². The van der Waals surface area contributed by atoms with Gasteiger partial charge in [0.25, 0.3) is 0 Å². The molecule has 5 rings (SSSR count). The molecule has 37 heavy (non-hydrogen) atoms. The van der Waals surface area contributed by atoms with Gasteiger partial charge in [-0.1, -0.05) is 42.8 Å². The summed E-state index contributed by atoms with van der Waals surface area (Å²) < 4.78 is 32.6. The van der Waals surface area contributed by atoms with Crippen molar-refractivity contribution in [1.82, 2.24) is 15.1 Å². The highest BCUT2D eigenvalue weighted by Gasteiger charge is 2.24. The Morgan fingerprint density at radius 1 is 1.11 bits per heavy atom. The zero-order valence-corrected chi connectivity index (χ0v) is 21.6. The molecule has 7 heteroatoms. The van der Waals surface area contributed by atoms with Gasteiger partial charge in [0.05, 0.1) is 23.4 Å². The number of hydrogen-bond donors (Lipinski definition) is 1. The second-order valence-corrected chi connectivity index (χ2v) is 9.81. The van der Waals surface area contributed by atoms with Gasteiger partial charge < -0.3 is 4.74 Å². The van der Waals surface area contributed by atoms with Crippen molar-refractivity contribution in [2.24, 2.45) is 0 Å². The minimum absolute atomic E-state index is 0.105. The number of halogens is 3. The highest BCUT2D eigenvalue weighted by molar-refractivity contribution is 6.32. The van der Waals surface area contributed by atoms with Crippen LogP contribution in [0.15, 0.2) is 66.9 Å². The second kappa shape index (κ2) is 11.4. The van der Waals surface area contributed by atoms with Crippen LogP contribution in [0.1, 0.15) is 42.9 Å². The Morgan fingerprint density at radius 3 is 2.68 bits per heavy atom. The van der Waals surface area contributed by atoms with Crippen LogP contribution < -0.4 is 4.74 Å². The van der Waals surface area contributed by atoms with E-state index in [0.29, 0.717) is 17.9 Å². The molecule has 0 radical (unpaired) electrons. The van der Waals surface area contributed by atoms with E-state index in [2.05, 4.69) is 46.3 Å². The molecule has 1 unspecified atom stereocenters. The van der Waals surface area contributed by atoms with E-state index in [4.69, 9.17) is 16.3 Å². The average Bonchev–Trinajstić information content (AvgIpc) is 3.56. The summed E-state index contributed by atoms with van der Waals surface area (Å²) in [5.41, 5.74) is 5.88. The number of ether oxygens (including phenoxy) is 1. The zero-order chi connectivity index (χ0) is 25.8. The fourth-order valence-electron chi connectivity index (χ4n) is 5.12. The van der Waals surface area contributed by atoms with Crippen LogP contribution >= 0.6 is 11.6 Å². The molecule has 1 fully saturated rings. The smallest absolute Gasteiger partial charge is 0.124 e.